The number of nitrogens with one attached hydrogen (secondary N) is 1. The number of ether oxygens (including phenoxy) is 2. The van der Waals surface area contributed by atoms with Gasteiger partial charge >= 0.3 is 6.61 Å². The number of nitrogens with zero attached hydrogens (tertiary/aromatic N) is 2. The molecule has 1 fully saturated rings. The van der Waals surface area contributed by atoms with Crippen LogP contribution >= 0.6 is 0 Å². The number of halogens is 2. The summed E-state index contributed by atoms with van der Waals surface area (Å²) in [5.41, 5.74) is 1.43. The number of alkyl halides is 2. The van der Waals surface area contributed by atoms with E-state index < -0.39 is 6.61 Å². The molecule has 0 atom stereocenters. The molecule has 1 aromatic heterocycles. The molecule has 1 aliphatic carbocycles. The van der Waals surface area contributed by atoms with E-state index in [-0.39, 0.29) is 29.4 Å². The van der Waals surface area contributed by atoms with Gasteiger partial charge < -0.3 is 14.0 Å². The van der Waals surface area contributed by atoms with E-state index in [1.54, 1.807) is 25.1 Å². The standard InChI is InChI=1S/C22H29F2N3O4/c1-5-29-17-10-14(6-9-16(17)30-21(23)24)12-27(15-7-8-15)13-19(28)25-20-11-18(26-31-20)22(2,3)4/h6,9-11,15,21H,5,7-8,12-13H2,1-4H3,(H,25,28). The molecule has 1 N–H and O–H groups in total. The molecule has 2 aromatic rings. The maximum Gasteiger partial charge on any atom is 0.387 e. The van der Waals surface area contributed by atoms with Crippen molar-refractivity contribution >= 4 is 11.8 Å². The van der Waals surface area contributed by atoms with E-state index in [4.69, 9.17) is 9.26 Å². The van der Waals surface area contributed by atoms with Crippen molar-refractivity contribution in [3.63, 3.8) is 0 Å². The molecule has 9 heteroatoms. The van der Waals surface area contributed by atoms with Crippen molar-refractivity contribution in [2.24, 2.45) is 0 Å². The second-order valence-electron chi connectivity index (χ2n) is 8.60. The summed E-state index contributed by atoms with van der Waals surface area (Å²) >= 11 is 0. The Bertz CT molecular complexity index is 891. The number of anilines is 1. The Morgan fingerprint density at radius 1 is 1.29 bits per heavy atom. The third-order valence-corrected chi connectivity index (χ3v) is 4.86. The van der Waals surface area contributed by atoms with Crippen LogP contribution in [-0.4, -0.2) is 41.8 Å². The van der Waals surface area contributed by atoms with Crippen LogP contribution in [0, 0.1) is 0 Å². The molecule has 0 spiro atoms. The van der Waals surface area contributed by atoms with Crippen LogP contribution in [0.4, 0.5) is 14.7 Å². The third kappa shape index (κ3) is 6.65. The zero-order valence-corrected chi connectivity index (χ0v) is 18.3. The summed E-state index contributed by atoms with van der Waals surface area (Å²) < 4.78 is 40.4. The fraction of sp³-hybridized carbons (Fsp3) is 0.545. The second-order valence-corrected chi connectivity index (χ2v) is 8.60. The van der Waals surface area contributed by atoms with Crippen LogP contribution in [0.3, 0.4) is 0 Å². The van der Waals surface area contributed by atoms with E-state index >= 15 is 0 Å². The van der Waals surface area contributed by atoms with Crippen LogP contribution in [0.1, 0.15) is 51.8 Å². The molecule has 0 radical (unpaired) electrons. The highest BCUT2D eigenvalue weighted by Gasteiger charge is 2.31. The van der Waals surface area contributed by atoms with Crippen molar-refractivity contribution in [1.29, 1.82) is 0 Å². The molecular formula is C22H29F2N3O4. The van der Waals surface area contributed by atoms with Gasteiger partial charge in [0.2, 0.25) is 11.8 Å². The van der Waals surface area contributed by atoms with E-state index in [2.05, 4.69) is 20.1 Å². The Morgan fingerprint density at radius 2 is 2.03 bits per heavy atom. The van der Waals surface area contributed by atoms with Crippen LogP contribution in [0.2, 0.25) is 0 Å². The van der Waals surface area contributed by atoms with Crippen molar-refractivity contribution in [3.05, 3.63) is 35.5 Å². The van der Waals surface area contributed by atoms with E-state index in [1.165, 1.54) is 6.07 Å². The number of carbonyl (C=O) groups excluding carboxylic acids is 1. The molecule has 0 unspecified atom stereocenters. The molecule has 170 valence electrons. The average molecular weight is 437 g/mol. The first-order valence-electron chi connectivity index (χ1n) is 10.4. The summed E-state index contributed by atoms with van der Waals surface area (Å²) in [6.07, 6.45) is 2.02. The largest absolute Gasteiger partial charge is 0.490 e. The third-order valence-electron chi connectivity index (χ3n) is 4.86. The molecule has 31 heavy (non-hydrogen) atoms. The summed E-state index contributed by atoms with van der Waals surface area (Å²) in [7, 11) is 0. The van der Waals surface area contributed by atoms with Crippen LogP contribution in [0.5, 0.6) is 11.5 Å². The van der Waals surface area contributed by atoms with Gasteiger partial charge in [-0.15, -0.1) is 0 Å². The monoisotopic (exact) mass is 437 g/mol. The Morgan fingerprint density at radius 3 is 2.61 bits per heavy atom. The molecule has 7 nitrogen and oxygen atoms in total. The zero-order valence-electron chi connectivity index (χ0n) is 18.3. The van der Waals surface area contributed by atoms with Gasteiger partial charge in [-0.1, -0.05) is 32.0 Å². The second kappa shape index (κ2) is 9.64. The molecule has 1 saturated carbocycles. The minimum atomic E-state index is -2.92. The van der Waals surface area contributed by atoms with Gasteiger partial charge in [-0.05, 0) is 37.5 Å². The van der Waals surface area contributed by atoms with Gasteiger partial charge in [-0.3, -0.25) is 15.0 Å². The normalized spacial score (nSPS) is 14.2. The van der Waals surface area contributed by atoms with Crippen LogP contribution in [-0.2, 0) is 16.8 Å². The van der Waals surface area contributed by atoms with Gasteiger partial charge in [0.05, 0.1) is 18.8 Å². The first-order chi connectivity index (χ1) is 14.7. The molecule has 1 amide bonds. The van der Waals surface area contributed by atoms with E-state index in [1.807, 2.05) is 20.8 Å². The van der Waals surface area contributed by atoms with Gasteiger partial charge in [0.15, 0.2) is 11.5 Å². The lowest BCUT2D eigenvalue weighted by atomic mass is 9.92. The molecule has 0 aliphatic heterocycles. The number of aromatic nitrogens is 1. The van der Waals surface area contributed by atoms with Crippen LogP contribution in [0.25, 0.3) is 0 Å². The lowest BCUT2D eigenvalue weighted by Crippen LogP contribution is -2.34. The fourth-order valence-corrected chi connectivity index (χ4v) is 3.15. The maximum atomic E-state index is 12.6. The lowest BCUT2D eigenvalue weighted by Gasteiger charge is -2.22. The predicted octanol–water partition coefficient (Wildman–Crippen LogP) is 4.58. The highest BCUT2D eigenvalue weighted by molar-refractivity contribution is 5.91. The minimum absolute atomic E-state index is 0.00344. The van der Waals surface area contributed by atoms with Gasteiger partial charge in [-0.2, -0.15) is 8.78 Å². The molecular weight excluding hydrogens is 408 g/mol. The molecule has 1 heterocycles. The summed E-state index contributed by atoms with van der Waals surface area (Å²) in [5.74, 6) is 0.372. The average Bonchev–Trinajstić information content (AvgIpc) is 3.41. The number of amides is 1. The lowest BCUT2D eigenvalue weighted by molar-refractivity contribution is -0.117. The van der Waals surface area contributed by atoms with E-state index in [0.717, 1.165) is 24.1 Å². The molecule has 0 saturated heterocycles. The van der Waals surface area contributed by atoms with Crippen molar-refractivity contribution in [3.8, 4) is 11.5 Å². The van der Waals surface area contributed by atoms with Gasteiger partial charge in [0.1, 0.15) is 0 Å². The maximum absolute atomic E-state index is 12.6. The van der Waals surface area contributed by atoms with Crippen LogP contribution in [0.15, 0.2) is 28.8 Å². The van der Waals surface area contributed by atoms with Gasteiger partial charge in [-0.25, -0.2) is 0 Å². The summed E-state index contributed by atoms with van der Waals surface area (Å²) in [6, 6.07) is 6.90. The number of carbonyl (C=O) groups is 1. The van der Waals surface area contributed by atoms with Gasteiger partial charge in [0.25, 0.3) is 0 Å². The SMILES string of the molecule is CCOc1cc(CN(CC(=O)Nc2cc(C(C)(C)C)no2)C2CC2)ccc1OC(F)F. The Balaban J connectivity index is 1.65. The first-order valence-corrected chi connectivity index (χ1v) is 10.4. The van der Waals surface area contributed by atoms with Crippen molar-refractivity contribution in [2.45, 2.75) is 65.1 Å². The Kier molecular flexibility index (Phi) is 7.15. The first kappa shape index (κ1) is 23.0. The van der Waals surface area contributed by atoms with E-state index in [9.17, 15) is 13.6 Å². The number of benzene rings is 1. The molecule has 1 aliphatic rings. The summed E-state index contributed by atoms with van der Waals surface area (Å²) in [6.45, 7) is 5.87. The topological polar surface area (TPSA) is 76.8 Å². The Hall–Kier alpha value is -2.68. The number of hydrogen-bond donors (Lipinski definition) is 1. The zero-order chi connectivity index (χ0) is 22.6. The summed E-state index contributed by atoms with van der Waals surface area (Å²) in [4.78, 5) is 14.6. The number of rotatable bonds is 10. The van der Waals surface area contributed by atoms with Crippen molar-refractivity contribution in [1.82, 2.24) is 10.1 Å². The number of hydrogen-bond acceptors (Lipinski definition) is 6. The molecule has 3 rings (SSSR count). The van der Waals surface area contributed by atoms with Crippen molar-refractivity contribution < 1.29 is 27.6 Å². The van der Waals surface area contributed by atoms with Crippen LogP contribution < -0.4 is 14.8 Å². The predicted molar refractivity (Wildman–Crippen MR) is 112 cm³/mol. The fourth-order valence-electron chi connectivity index (χ4n) is 3.15. The van der Waals surface area contributed by atoms with Gasteiger partial charge in [0, 0.05) is 24.1 Å². The molecule has 0 bridgehead atoms. The quantitative estimate of drug-likeness (QED) is 0.587. The minimum Gasteiger partial charge on any atom is -0.490 e. The molecule has 1 aromatic carbocycles. The highest BCUT2D eigenvalue weighted by atomic mass is 19.3. The van der Waals surface area contributed by atoms with Crippen molar-refractivity contribution in [2.75, 3.05) is 18.5 Å². The highest BCUT2D eigenvalue weighted by Crippen LogP contribution is 2.33. The van der Waals surface area contributed by atoms with E-state index in [0.29, 0.717) is 25.1 Å². The Labute approximate surface area is 180 Å². The smallest absolute Gasteiger partial charge is 0.387 e. The summed E-state index contributed by atoms with van der Waals surface area (Å²) in [5, 5.41) is 6.77.